The van der Waals surface area contributed by atoms with Crippen LogP contribution in [0.15, 0.2) is 18.3 Å². The van der Waals surface area contributed by atoms with E-state index in [1.807, 2.05) is 12.1 Å². The zero-order valence-corrected chi connectivity index (χ0v) is 10.9. The van der Waals surface area contributed by atoms with E-state index in [0.717, 1.165) is 30.8 Å². The number of carbonyl (C=O) groups excluding carboxylic acids is 2. The van der Waals surface area contributed by atoms with Gasteiger partial charge in [-0.25, -0.2) is 4.98 Å². The Morgan fingerprint density at radius 2 is 2.11 bits per heavy atom. The second-order valence-corrected chi connectivity index (χ2v) is 5.19. The van der Waals surface area contributed by atoms with E-state index >= 15 is 0 Å². The molecule has 3 rings (SSSR count). The van der Waals surface area contributed by atoms with E-state index < -0.39 is 0 Å². The normalized spacial score (nSPS) is 24.6. The van der Waals surface area contributed by atoms with Crippen LogP contribution in [-0.2, 0) is 16.1 Å². The number of fused-ring (bicyclic) bond motifs is 1. The molecule has 1 N–H and O–H groups in total. The van der Waals surface area contributed by atoms with Gasteiger partial charge >= 0.3 is 0 Å². The number of nitrogens with one attached hydrogen (secondary N) is 1. The molecule has 5 heteroatoms. The number of amides is 2. The topological polar surface area (TPSA) is 62.3 Å². The molecule has 0 radical (unpaired) electrons. The molecule has 5 nitrogen and oxygen atoms in total. The average molecular weight is 259 g/mol. The van der Waals surface area contributed by atoms with Gasteiger partial charge in [0.1, 0.15) is 5.82 Å². The van der Waals surface area contributed by atoms with Crippen LogP contribution in [-0.4, -0.2) is 28.2 Å². The number of aromatic nitrogens is 1. The Morgan fingerprint density at radius 3 is 2.79 bits per heavy atom. The number of hydrogen-bond acceptors (Lipinski definition) is 4. The first kappa shape index (κ1) is 12.1. The Bertz CT molecular complexity index is 509. The van der Waals surface area contributed by atoms with Gasteiger partial charge in [-0.3, -0.25) is 14.5 Å². The van der Waals surface area contributed by atoms with Gasteiger partial charge in [0, 0.05) is 12.7 Å². The second-order valence-electron chi connectivity index (χ2n) is 5.19. The molecule has 2 heterocycles. The molecule has 1 aliphatic carbocycles. The van der Waals surface area contributed by atoms with Gasteiger partial charge in [0.25, 0.3) is 0 Å². The van der Waals surface area contributed by atoms with Crippen molar-refractivity contribution in [2.24, 2.45) is 11.8 Å². The van der Waals surface area contributed by atoms with E-state index in [0.29, 0.717) is 6.54 Å². The van der Waals surface area contributed by atoms with Crippen LogP contribution in [0.2, 0.25) is 0 Å². The van der Waals surface area contributed by atoms with Crippen molar-refractivity contribution in [3.05, 3.63) is 23.9 Å². The Morgan fingerprint density at radius 1 is 1.37 bits per heavy atom. The number of piperidine rings is 1. The van der Waals surface area contributed by atoms with E-state index in [9.17, 15) is 9.59 Å². The lowest BCUT2D eigenvalue weighted by Gasteiger charge is -2.16. The van der Waals surface area contributed by atoms with Crippen molar-refractivity contribution in [1.82, 2.24) is 9.88 Å². The zero-order valence-electron chi connectivity index (χ0n) is 10.9. The largest absolute Gasteiger partial charge is 0.370 e. The average Bonchev–Trinajstić information content (AvgIpc) is 3.17. The summed E-state index contributed by atoms with van der Waals surface area (Å²) >= 11 is 0. The van der Waals surface area contributed by atoms with Crippen molar-refractivity contribution in [3.63, 3.8) is 0 Å². The molecule has 1 saturated heterocycles. The maximum atomic E-state index is 11.9. The summed E-state index contributed by atoms with van der Waals surface area (Å²) in [4.78, 5) is 29.4. The van der Waals surface area contributed by atoms with E-state index in [1.54, 1.807) is 6.20 Å². The highest BCUT2D eigenvalue weighted by atomic mass is 16.2. The number of imide groups is 1. The van der Waals surface area contributed by atoms with Crippen LogP contribution in [0.4, 0.5) is 5.82 Å². The van der Waals surface area contributed by atoms with E-state index in [2.05, 4.69) is 17.2 Å². The minimum atomic E-state index is -0.0213. The molecule has 1 aromatic heterocycles. The van der Waals surface area contributed by atoms with Gasteiger partial charge < -0.3 is 5.32 Å². The molecule has 2 amide bonds. The van der Waals surface area contributed by atoms with E-state index in [4.69, 9.17) is 0 Å². The first-order valence-electron chi connectivity index (χ1n) is 6.74. The van der Waals surface area contributed by atoms with Crippen LogP contribution in [0, 0.1) is 11.8 Å². The Hall–Kier alpha value is -1.91. The number of likely N-dealkylation sites (tertiary alicyclic amines) is 1. The standard InChI is InChI=1S/C14H17N3O2/c1-2-4-15-12-6-9(3-5-16-12)8-17-13(18)10-7-11(10)14(17)19/h3,5-6,10-11H,2,4,7-8H2,1H3,(H,15,16). The van der Waals surface area contributed by atoms with Crippen molar-refractivity contribution in [2.75, 3.05) is 11.9 Å². The molecule has 1 aliphatic heterocycles. The van der Waals surface area contributed by atoms with E-state index in [-0.39, 0.29) is 23.7 Å². The van der Waals surface area contributed by atoms with Gasteiger partial charge in [-0.15, -0.1) is 0 Å². The Balaban J connectivity index is 1.69. The summed E-state index contributed by atoms with van der Waals surface area (Å²) in [7, 11) is 0. The highest BCUT2D eigenvalue weighted by molar-refractivity contribution is 6.08. The molecule has 100 valence electrons. The number of carbonyl (C=O) groups is 2. The summed E-state index contributed by atoms with van der Waals surface area (Å²) in [6.07, 6.45) is 3.49. The lowest BCUT2D eigenvalue weighted by atomic mass is 10.2. The quantitative estimate of drug-likeness (QED) is 0.812. The summed E-state index contributed by atoms with van der Waals surface area (Å²) in [5, 5.41) is 3.20. The highest BCUT2D eigenvalue weighted by Gasteiger charge is 2.58. The fourth-order valence-corrected chi connectivity index (χ4v) is 2.51. The minimum absolute atomic E-state index is 0.00474. The van der Waals surface area contributed by atoms with Crippen molar-refractivity contribution in [3.8, 4) is 0 Å². The summed E-state index contributed by atoms with van der Waals surface area (Å²) in [6.45, 7) is 3.32. The number of pyridine rings is 1. The third-order valence-corrected chi connectivity index (χ3v) is 3.68. The van der Waals surface area contributed by atoms with Crippen LogP contribution in [0.5, 0.6) is 0 Å². The van der Waals surface area contributed by atoms with Crippen LogP contribution in [0.1, 0.15) is 25.3 Å². The zero-order chi connectivity index (χ0) is 13.4. The molecule has 1 aromatic rings. The molecule has 0 bridgehead atoms. The number of rotatable bonds is 5. The third-order valence-electron chi connectivity index (χ3n) is 3.68. The lowest BCUT2D eigenvalue weighted by molar-refractivity contribution is -0.142. The molecule has 0 aromatic carbocycles. The molecule has 2 aliphatic rings. The summed E-state index contributed by atoms with van der Waals surface area (Å²) < 4.78 is 0. The summed E-state index contributed by atoms with van der Waals surface area (Å²) in [5.74, 6) is 0.743. The fourth-order valence-electron chi connectivity index (χ4n) is 2.51. The minimum Gasteiger partial charge on any atom is -0.370 e. The molecule has 1 saturated carbocycles. The predicted molar refractivity (Wildman–Crippen MR) is 70.2 cm³/mol. The summed E-state index contributed by atoms with van der Waals surface area (Å²) in [5.41, 5.74) is 0.941. The first-order valence-corrected chi connectivity index (χ1v) is 6.74. The Labute approximate surface area is 112 Å². The predicted octanol–water partition coefficient (Wildman–Crippen LogP) is 1.41. The lowest BCUT2D eigenvalue weighted by Crippen LogP contribution is -2.32. The number of nitrogens with zero attached hydrogens (tertiary/aromatic N) is 2. The molecule has 0 spiro atoms. The second kappa shape index (κ2) is 4.64. The van der Waals surface area contributed by atoms with E-state index in [1.165, 1.54) is 4.90 Å². The van der Waals surface area contributed by atoms with Gasteiger partial charge in [0.05, 0.1) is 18.4 Å². The summed E-state index contributed by atoms with van der Waals surface area (Å²) in [6, 6.07) is 3.75. The van der Waals surface area contributed by atoms with Crippen molar-refractivity contribution < 1.29 is 9.59 Å². The van der Waals surface area contributed by atoms with Gasteiger partial charge in [0.15, 0.2) is 0 Å². The van der Waals surface area contributed by atoms with Gasteiger partial charge in [0.2, 0.25) is 11.8 Å². The number of anilines is 1. The first-order chi connectivity index (χ1) is 9.20. The molecule has 2 atom stereocenters. The molecular formula is C14H17N3O2. The van der Waals surface area contributed by atoms with Crippen molar-refractivity contribution >= 4 is 17.6 Å². The fraction of sp³-hybridized carbons (Fsp3) is 0.500. The SMILES string of the molecule is CCCNc1cc(CN2C(=O)C3CC3C2=O)ccn1. The van der Waals surface area contributed by atoms with Crippen LogP contribution in [0.25, 0.3) is 0 Å². The maximum Gasteiger partial charge on any atom is 0.233 e. The van der Waals surface area contributed by atoms with Crippen molar-refractivity contribution in [2.45, 2.75) is 26.3 Å². The Kier molecular flexibility index (Phi) is 2.97. The maximum absolute atomic E-state index is 11.9. The van der Waals surface area contributed by atoms with Crippen LogP contribution in [0.3, 0.4) is 0 Å². The van der Waals surface area contributed by atoms with Crippen LogP contribution >= 0.6 is 0 Å². The third kappa shape index (κ3) is 2.20. The van der Waals surface area contributed by atoms with Crippen LogP contribution < -0.4 is 5.32 Å². The van der Waals surface area contributed by atoms with Gasteiger partial charge in [-0.05, 0) is 30.5 Å². The van der Waals surface area contributed by atoms with Gasteiger partial charge in [-0.2, -0.15) is 0 Å². The highest BCUT2D eigenvalue weighted by Crippen LogP contribution is 2.47. The molecule has 2 fully saturated rings. The van der Waals surface area contributed by atoms with Crippen molar-refractivity contribution in [1.29, 1.82) is 0 Å². The smallest absolute Gasteiger partial charge is 0.233 e. The molecule has 19 heavy (non-hydrogen) atoms. The van der Waals surface area contributed by atoms with Gasteiger partial charge in [-0.1, -0.05) is 6.92 Å². The monoisotopic (exact) mass is 259 g/mol. The number of hydrogen-bond donors (Lipinski definition) is 1. The molecule has 2 unspecified atom stereocenters. The molecular weight excluding hydrogens is 242 g/mol.